The summed E-state index contributed by atoms with van der Waals surface area (Å²) in [5.41, 5.74) is 0.0901. The van der Waals surface area contributed by atoms with Crippen LogP contribution < -0.4 is 15.4 Å². The molecule has 1 aliphatic rings. The van der Waals surface area contributed by atoms with Gasteiger partial charge in [0.2, 0.25) is 0 Å². The first-order valence-corrected chi connectivity index (χ1v) is 13.1. The zero-order valence-corrected chi connectivity index (χ0v) is 20.9. The van der Waals surface area contributed by atoms with Crippen molar-refractivity contribution < 1.29 is 26.4 Å². The second-order valence-corrected chi connectivity index (χ2v) is 11.2. The maximum Gasteiger partial charge on any atom is 0.435 e. The third-order valence-corrected chi connectivity index (χ3v) is 8.65. The van der Waals surface area contributed by atoms with Crippen molar-refractivity contribution in [2.45, 2.75) is 17.8 Å². The van der Waals surface area contributed by atoms with Crippen molar-refractivity contribution in [3.05, 3.63) is 81.3 Å². The molecule has 8 nitrogen and oxygen atoms in total. The Labute approximate surface area is 214 Å². The molecular weight excluding hydrogens is 539 g/mol. The Balaban J connectivity index is 1.44. The first kappa shape index (κ1) is 25.9. The Kier molecular flexibility index (Phi) is 7.25. The minimum absolute atomic E-state index is 0.0338. The van der Waals surface area contributed by atoms with Crippen LogP contribution in [0.3, 0.4) is 0 Å². The number of allylic oxidation sites excluding steroid dienone is 1. The summed E-state index contributed by atoms with van der Waals surface area (Å²) >= 11 is 7.08. The number of halogens is 4. The second-order valence-electron chi connectivity index (χ2n) is 7.69. The van der Waals surface area contributed by atoms with Gasteiger partial charge in [-0.1, -0.05) is 35.9 Å². The molecule has 190 valence electrons. The summed E-state index contributed by atoms with van der Waals surface area (Å²) in [5.74, 6) is 0. The summed E-state index contributed by atoms with van der Waals surface area (Å²) in [6, 6.07) is 13.2. The lowest BCUT2D eigenvalue weighted by molar-refractivity contribution is -0.141. The van der Waals surface area contributed by atoms with Crippen LogP contribution in [0.15, 0.2) is 64.9 Å². The van der Waals surface area contributed by atoms with Crippen molar-refractivity contribution in [1.29, 1.82) is 0 Å². The third kappa shape index (κ3) is 5.97. The fourth-order valence-electron chi connectivity index (χ4n) is 3.41. The van der Waals surface area contributed by atoms with Gasteiger partial charge in [0, 0.05) is 12.7 Å². The molecule has 1 aliphatic heterocycles. The van der Waals surface area contributed by atoms with E-state index in [1.54, 1.807) is 30.3 Å². The molecule has 2 aromatic carbocycles. The number of urea groups is 1. The number of para-hydroxylation sites is 1. The number of nitrogens with one attached hydrogen (secondary N) is 3. The number of nitrogens with zero attached hydrogens (tertiary/aromatic N) is 2. The lowest BCUT2D eigenvalue weighted by atomic mass is 10.2. The molecule has 0 fully saturated rings. The predicted octanol–water partition coefficient (Wildman–Crippen LogP) is 6.20. The highest BCUT2D eigenvalue weighted by Crippen LogP contribution is 2.47. The number of hydrogen-bond donors (Lipinski definition) is 3. The number of thioether (sulfide) groups is 1. The summed E-state index contributed by atoms with van der Waals surface area (Å²) in [4.78, 5) is 12.3. The van der Waals surface area contributed by atoms with Gasteiger partial charge in [-0.3, -0.25) is 9.40 Å². The largest absolute Gasteiger partial charge is 0.435 e. The van der Waals surface area contributed by atoms with Crippen LogP contribution >= 0.6 is 23.4 Å². The number of alkyl halides is 3. The summed E-state index contributed by atoms with van der Waals surface area (Å²) in [7, 11) is -2.66. The predicted molar refractivity (Wildman–Crippen MR) is 134 cm³/mol. The van der Waals surface area contributed by atoms with Crippen LogP contribution in [-0.4, -0.2) is 24.2 Å². The monoisotopic (exact) mass is 557 g/mol. The number of aryl methyl sites for hydroxylation is 1. The number of amides is 2. The van der Waals surface area contributed by atoms with Crippen molar-refractivity contribution in [3.8, 4) is 0 Å². The van der Waals surface area contributed by atoms with E-state index in [0.29, 0.717) is 5.69 Å². The number of sulfonamides is 1. The lowest BCUT2D eigenvalue weighted by Crippen LogP contribution is -2.20. The first-order valence-electron chi connectivity index (χ1n) is 10.4. The molecule has 0 bridgehead atoms. The van der Waals surface area contributed by atoms with Gasteiger partial charge in [0.1, 0.15) is 4.24 Å². The summed E-state index contributed by atoms with van der Waals surface area (Å²) in [6.45, 7) is 0. The van der Waals surface area contributed by atoms with E-state index in [1.807, 2.05) is 0 Å². The van der Waals surface area contributed by atoms with Gasteiger partial charge in [-0.05, 0) is 42.8 Å². The van der Waals surface area contributed by atoms with Crippen LogP contribution in [0.5, 0.6) is 0 Å². The average Bonchev–Trinajstić information content (AvgIpc) is 3.44. The van der Waals surface area contributed by atoms with E-state index in [9.17, 15) is 26.4 Å². The average molecular weight is 558 g/mol. The number of rotatable bonds is 6. The molecule has 1 atom stereocenters. The molecule has 3 N–H and O–H groups in total. The molecular formula is C22H19ClF3N5O3S2. The SMILES string of the molecule is Cn1nc(C(F)(F)F)cc1C1CC=C(S(=O)(=O)Nc2ccc(Cl)c(NC(=O)Nc3ccccc3)c2)S1. The Bertz CT molecular complexity index is 1430. The summed E-state index contributed by atoms with van der Waals surface area (Å²) in [5, 5.41) is 8.32. The van der Waals surface area contributed by atoms with Crippen molar-refractivity contribution in [2.75, 3.05) is 15.4 Å². The summed E-state index contributed by atoms with van der Waals surface area (Å²) in [6.07, 6.45) is -2.94. The number of benzene rings is 2. The van der Waals surface area contributed by atoms with Crippen LogP contribution in [-0.2, 0) is 23.2 Å². The second kappa shape index (κ2) is 10.1. The summed E-state index contributed by atoms with van der Waals surface area (Å²) < 4.78 is 68.3. The molecule has 1 unspecified atom stereocenters. The molecule has 14 heteroatoms. The fourth-order valence-corrected chi connectivity index (χ4v) is 6.42. The Morgan fingerprint density at radius 1 is 1.11 bits per heavy atom. The standard InChI is InChI=1S/C22H19ClF3N5O3S2/c1-31-17(12-19(29-31)22(24,25)26)18-9-10-20(35-18)36(33,34)30-14-7-8-15(23)16(11-14)28-21(32)27-13-5-3-2-4-6-13/h2-8,10-12,18,30H,9H2,1H3,(H2,27,28,32). The topological polar surface area (TPSA) is 105 Å². The van der Waals surface area contributed by atoms with E-state index in [2.05, 4.69) is 20.5 Å². The number of carbonyl (C=O) groups excluding carboxylic acids is 1. The minimum atomic E-state index is -4.60. The molecule has 1 aromatic heterocycles. The van der Waals surface area contributed by atoms with Gasteiger partial charge in [-0.2, -0.15) is 18.3 Å². The number of carbonyl (C=O) groups is 1. The van der Waals surface area contributed by atoms with Gasteiger partial charge < -0.3 is 10.6 Å². The maximum absolute atomic E-state index is 13.0. The van der Waals surface area contributed by atoms with E-state index in [0.717, 1.165) is 22.5 Å². The number of aromatic nitrogens is 2. The van der Waals surface area contributed by atoms with Gasteiger partial charge in [0.05, 0.1) is 27.3 Å². The van der Waals surface area contributed by atoms with Crippen molar-refractivity contribution in [2.24, 2.45) is 7.05 Å². The Morgan fingerprint density at radius 3 is 2.50 bits per heavy atom. The van der Waals surface area contributed by atoms with Crippen molar-refractivity contribution in [3.63, 3.8) is 0 Å². The van der Waals surface area contributed by atoms with Gasteiger partial charge in [-0.15, -0.1) is 11.8 Å². The van der Waals surface area contributed by atoms with E-state index >= 15 is 0 Å². The highest BCUT2D eigenvalue weighted by molar-refractivity contribution is 8.19. The molecule has 2 heterocycles. The molecule has 3 aromatic rings. The third-order valence-electron chi connectivity index (χ3n) is 5.06. The molecule has 0 spiro atoms. The van der Waals surface area contributed by atoms with Crippen molar-refractivity contribution >= 4 is 56.5 Å². The maximum atomic E-state index is 13.0. The van der Waals surface area contributed by atoms with Crippen LogP contribution in [0.1, 0.15) is 23.1 Å². The van der Waals surface area contributed by atoms with Crippen LogP contribution in [0.25, 0.3) is 0 Å². The lowest BCUT2D eigenvalue weighted by Gasteiger charge is -2.14. The first-order chi connectivity index (χ1) is 16.9. The van der Waals surface area contributed by atoms with Gasteiger partial charge in [0.25, 0.3) is 10.0 Å². The van der Waals surface area contributed by atoms with Crippen LogP contribution in [0, 0.1) is 0 Å². The highest BCUT2D eigenvalue weighted by atomic mass is 35.5. The Hall–Kier alpha value is -3.16. The zero-order chi connectivity index (χ0) is 26.1. The van der Waals surface area contributed by atoms with Crippen LogP contribution in [0.2, 0.25) is 5.02 Å². The minimum Gasteiger partial charge on any atom is -0.308 e. The van der Waals surface area contributed by atoms with E-state index in [4.69, 9.17) is 11.6 Å². The molecule has 0 saturated heterocycles. The molecule has 0 radical (unpaired) electrons. The fraction of sp³-hybridized carbons (Fsp3) is 0.182. The van der Waals surface area contributed by atoms with Gasteiger partial charge in [0.15, 0.2) is 5.69 Å². The van der Waals surface area contributed by atoms with E-state index in [1.165, 1.54) is 31.3 Å². The molecule has 0 aliphatic carbocycles. The molecule has 36 heavy (non-hydrogen) atoms. The zero-order valence-electron chi connectivity index (χ0n) is 18.5. The van der Waals surface area contributed by atoms with E-state index < -0.39 is 33.2 Å². The number of hydrogen-bond acceptors (Lipinski definition) is 5. The van der Waals surface area contributed by atoms with Gasteiger partial charge in [-0.25, -0.2) is 13.2 Å². The molecule has 4 rings (SSSR count). The van der Waals surface area contributed by atoms with Gasteiger partial charge >= 0.3 is 12.2 Å². The van der Waals surface area contributed by atoms with Crippen molar-refractivity contribution in [1.82, 2.24) is 9.78 Å². The molecule has 0 saturated carbocycles. The van der Waals surface area contributed by atoms with Crippen LogP contribution in [0.4, 0.5) is 35.0 Å². The smallest absolute Gasteiger partial charge is 0.308 e. The highest BCUT2D eigenvalue weighted by Gasteiger charge is 2.37. The molecule has 2 amide bonds. The number of anilines is 3. The van der Waals surface area contributed by atoms with E-state index in [-0.39, 0.29) is 32.7 Å². The Morgan fingerprint density at radius 2 is 1.83 bits per heavy atom. The quantitative estimate of drug-likeness (QED) is 0.335. The normalized spacial score (nSPS) is 15.9.